The molecule has 0 atom stereocenters. The summed E-state index contributed by atoms with van der Waals surface area (Å²) >= 11 is 1.84. The maximum atomic E-state index is 6.28. The van der Waals surface area contributed by atoms with Crippen LogP contribution in [0.5, 0.6) is 11.5 Å². The third kappa shape index (κ3) is 9.04. The second-order valence-electron chi connectivity index (χ2n) is 10.4. The van der Waals surface area contributed by atoms with Crippen LogP contribution in [0.15, 0.2) is 60.7 Å². The lowest BCUT2D eigenvalue weighted by Gasteiger charge is -2.12. The molecule has 39 heavy (non-hydrogen) atoms. The Bertz CT molecular complexity index is 1360. The van der Waals surface area contributed by atoms with Crippen molar-refractivity contribution in [2.45, 2.75) is 90.9 Å². The van der Waals surface area contributed by atoms with E-state index in [0.717, 1.165) is 42.1 Å². The molecule has 0 radical (unpaired) electrons. The van der Waals surface area contributed by atoms with Crippen LogP contribution in [0.1, 0.15) is 102 Å². The highest BCUT2D eigenvalue weighted by Crippen LogP contribution is 2.34. The molecule has 1 aromatic heterocycles. The predicted octanol–water partition coefficient (Wildman–Crippen LogP) is 10.9. The molecule has 1 heterocycles. The first-order chi connectivity index (χ1) is 19.3. The third-order valence-corrected chi connectivity index (χ3v) is 8.35. The van der Waals surface area contributed by atoms with Crippen LogP contribution in [0, 0.1) is 11.8 Å². The van der Waals surface area contributed by atoms with E-state index in [1.54, 1.807) is 0 Å². The number of hydrogen-bond acceptors (Lipinski definition) is 3. The lowest BCUT2D eigenvalue weighted by atomic mass is 10.1. The molecule has 0 spiro atoms. The Labute approximate surface area is 239 Å². The van der Waals surface area contributed by atoms with Gasteiger partial charge in [-0.1, -0.05) is 108 Å². The van der Waals surface area contributed by atoms with Crippen LogP contribution in [-0.4, -0.2) is 13.2 Å². The number of thiophene rings is 1. The molecule has 0 aliphatic carbocycles. The van der Waals surface area contributed by atoms with Gasteiger partial charge in [0.15, 0.2) is 0 Å². The summed E-state index contributed by atoms with van der Waals surface area (Å²) in [6.07, 6.45) is 15.1. The molecule has 0 N–H and O–H groups in total. The van der Waals surface area contributed by atoms with E-state index >= 15 is 0 Å². The van der Waals surface area contributed by atoms with Crippen molar-refractivity contribution in [3.8, 4) is 23.3 Å². The van der Waals surface area contributed by atoms with Crippen molar-refractivity contribution in [2.75, 3.05) is 13.2 Å². The maximum Gasteiger partial charge on any atom is 0.138 e. The van der Waals surface area contributed by atoms with Crippen molar-refractivity contribution in [2.24, 2.45) is 0 Å². The third-order valence-electron chi connectivity index (χ3n) is 7.19. The minimum atomic E-state index is 0.717. The fourth-order valence-electron chi connectivity index (χ4n) is 4.90. The van der Waals surface area contributed by atoms with E-state index in [1.165, 1.54) is 84.4 Å². The van der Waals surface area contributed by atoms with Gasteiger partial charge in [-0.2, -0.15) is 0 Å². The summed E-state index contributed by atoms with van der Waals surface area (Å²) in [7, 11) is 0. The fourth-order valence-corrected chi connectivity index (χ4v) is 5.98. The number of benzene rings is 3. The summed E-state index contributed by atoms with van der Waals surface area (Å²) in [4.78, 5) is 0. The van der Waals surface area contributed by atoms with Gasteiger partial charge in [-0.3, -0.25) is 0 Å². The van der Waals surface area contributed by atoms with Crippen LogP contribution in [0.25, 0.3) is 20.2 Å². The molecule has 3 heteroatoms. The largest absolute Gasteiger partial charge is 0.493 e. The zero-order valence-corrected chi connectivity index (χ0v) is 24.7. The van der Waals surface area contributed by atoms with Crippen LogP contribution < -0.4 is 9.47 Å². The Morgan fingerprint density at radius 3 is 2.03 bits per heavy atom. The number of fused-ring (bicyclic) bond motifs is 3. The van der Waals surface area contributed by atoms with Crippen molar-refractivity contribution in [1.82, 2.24) is 0 Å². The van der Waals surface area contributed by atoms with Gasteiger partial charge in [-0.25, -0.2) is 0 Å². The minimum Gasteiger partial charge on any atom is -0.493 e. The van der Waals surface area contributed by atoms with Crippen LogP contribution >= 0.6 is 11.3 Å². The minimum absolute atomic E-state index is 0.717. The van der Waals surface area contributed by atoms with E-state index < -0.39 is 0 Å². The zero-order chi connectivity index (χ0) is 27.1. The van der Waals surface area contributed by atoms with E-state index in [2.05, 4.69) is 74.2 Å². The second-order valence-corrected chi connectivity index (χ2v) is 11.5. The molecule has 206 valence electrons. The van der Waals surface area contributed by atoms with E-state index in [1.807, 2.05) is 23.5 Å². The summed E-state index contributed by atoms with van der Waals surface area (Å²) < 4.78 is 15.0. The van der Waals surface area contributed by atoms with Gasteiger partial charge in [-0.15, -0.1) is 11.3 Å². The first-order valence-corrected chi connectivity index (χ1v) is 15.9. The van der Waals surface area contributed by atoms with E-state index in [9.17, 15) is 0 Å². The predicted molar refractivity (Wildman–Crippen MR) is 169 cm³/mol. The van der Waals surface area contributed by atoms with Gasteiger partial charge in [0.1, 0.15) is 11.5 Å². The molecule has 0 aliphatic heterocycles. The highest BCUT2D eigenvalue weighted by atomic mass is 32.1. The number of unbranched alkanes of at least 4 members (excludes halogenated alkanes) is 10. The topological polar surface area (TPSA) is 18.5 Å². The van der Waals surface area contributed by atoms with Gasteiger partial charge in [0, 0.05) is 31.8 Å². The summed E-state index contributed by atoms with van der Waals surface area (Å²) in [5, 5.41) is 2.58. The standard InChI is InChI=1S/C36H44O2S/c1-3-5-7-9-11-15-25-37-31-23-22-30(34(28-31)38-26-16-12-10-8-6-4-2)21-19-29-20-24-36-33(27-29)32-17-13-14-18-35(32)39-36/h13-14,17-18,20,22-24,27-28H,3-12,15-16,25-26H2,1-2H3. The highest BCUT2D eigenvalue weighted by molar-refractivity contribution is 7.25. The second kappa shape index (κ2) is 16.2. The van der Waals surface area contributed by atoms with Crippen molar-refractivity contribution in [3.05, 3.63) is 71.8 Å². The smallest absolute Gasteiger partial charge is 0.138 e. The molecule has 0 unspecified atom stereocenters. The molecule has 0 aliphatic rings. The monoisotopic (exact) mass is 540 g/mol. The number of ether oxygens (including phenoxy) is 2. The van der Waals surface area contributed by atoms with Gasteiger partial charge < -0.3 is 9.47 Å². The van der Waals surface area contributed by atoms with Gasteiger partial charge in [0.05, 0.1) is 18.8 Å². The van der Waals surface area contributed by atoms with Crippen molar-refractivity contribution in [3.63, 3.8) is 0 Å². The average molecular weight is 541 g/mol. The molecular formula is C36H44O2S. The Kier molecular flexibility index (Phi) is 12.1. The van der Waals surface area contributed by atoms with E-state index in [0.29, 0.717) is 6.61 Å². The Balaban J connectivity index is 1.43. The fraction of sp³-hybridized carbons (Fsp3) is 0.444. The molecule has 0 saturated heterocycles. The normalized spacial score (nSPS) is 11.0. The molecular weight excluding hydrogens is 496 g/mol. The van der Waals surface area contributed by atoms with Crippen LogP contribution in [-0.2, 0) is 0 Å². The Hall–Kier alpha value is -2.96. The van der Waals surface area contributed by atoms with Gasteiger partial charge >= 0.3 is 0 Å². The SMILES string of the molecule is CCCCCCCCOc1ccc(C#Cc2ccc3sc4ccccc4c3c2)c(OCCCCCCCC)c1. The molecule has 0 saturated carbocycles. The van der Waals surface area contributed by atoms with E-state index in [-0.39, 0.29) is 0 Å². The van der Waals surface area contributed by atoms with Crippen molar-refractivity contribution in [1.29, 1.82) is 0 Å². The molecule has 0 bridgehead atoms. The first kappa shape index (κ1) is 29.0. The number of rotatable bonds is 16. The van der Waals surface area contributed by atoms with Gasteiger partial charge in [-0.05, 0) is 49.2 Å². The summed E-state index contributed by atoms with van der Waals surface area (Å²) in [5.74, 6) is 8.51. The van der Waals surface area contributed by atoms with Crippen molar-refractivity contribution >= 4 is 31.5 Å². The molecule has 0 amide bonds. The quantitative estimate of drug-likeness (QED) is 0.104. The van der Waals surface area contributed by atoms with E-state index in [4.69, 9.17) is 9.47 Å². The summed E-state index contributed by atoms with van der Waals surface area (Å²) in [5.41, 5.74) is 1.94. The van der Waals surface area contributed by atoms with Gasteiger partial charge in [0.2, 0.25) is 0 Å². The molecule has 2 nitrogen and oxygen atoms in total. The number of hydrogen-bond donors (Lipinski definition) is 0. The molecule has 4 aromatic rings. The maximum absolute atomic E-state index is 6.28. The molecule has 4 rings (SSSR count). The lowest BCUT2D eigenvalue weighted by molar-refractivity contribution is 0.289. The first-order valence-electron chi connectivity index (χ1n) is 15.1. The highest BCUT2D eigenvalue weighted by Gasteiger charge is 2.07. The summed E-state index contributed by atoms with van der Waals surface area (Å²) in [6.45, 7) is 5.98. The van der Waals surface area contributed by atoms with Crippen molar-refractivity contribution < 1.29 is 9.47 Å². The van der Waals surface area contributed by atoms with Crippen LogP contribution in [0.4, 0.5) is 0 Å². The lowest BCUT2D eigenvalue weighted by Crippen LogP contribution is -2.01. The molecule has 3 aromatic carbocycles. The summed E-state index contributed by atoms with van der Waals surface area (Å²) in [6, 6.07) is 21.3. The molecule has 0 fully saturated rings. The zero-order valence-electron chi connectivity index (χ0n) is 23.9. The van der Waals surface area contributed by atoms with Crippen LogP contribution in [0.2, 0.25) is 0 Å². The van der Waals surface area contributed by atoms with Gasteiger partial charge in [0.25, 0.3) is 0 Å². The Morgan fingerprint density at radius 1 is 0.590 bits per heavy atom. The Morgan fingerprint density at radius 2 is 1.26 bits per heavy atom. The average Bonchev–Trinajstić information content (AvgIpc) is 3.34. The van der Waals surface area contributed by atoms with Crippen LogP contribution in [0.3, 0.4) is 0 Å².